The molecular weight excluding hydrogens is 272 g/mol. The minimum atomic E-state index is -0.354. The van der Waals surface area contributed by atoms with Gasteiger partial charge in [0.05, 0.1) is 4.92 Å². The van der Waals surface area contributed by atoms with Crippen LogP contribution in [0.15, 0.2) is 0 Å². The zero-order chi connectivity index (χ0) is 16.2. The summed E-state index contributed by atoms with van der Waals surface area (Å²) < 4.78 is 6.65. The lowest BCUT2D eigenvalue weighted by Crippen LogP contribution is -2.25. The van der Waals surface area contributed by atoms with Gasteiger partial charge in [0.15, 0.2) is 0 Å². The summed E-state index contributed by atoms with van der Waals surface area (Å²) in [4.78, 5) is 11.0. The fourth-order valence-corrected chi connectivity index (χ4v) is 2.09. The van der Waals surface area contributed by atoms with Crippen LogP contribution in [-0.4, -0.2) is 35.0 Å². The van der Waals surface area contributed by atoms with Crippen LogP contribution in [0.1, 0.15) is 45.7 Å². The van der Waals surface area contributed by atoms with Crippen molar-refractivity contribution in [2.75, 3.05) is 25.6 Å². The lowest BCUT2D eigenvalue weighted by atomic mass is 9.90. The Morgan fingerprint density at radius 2 is 2.10 bits per heavy atom. The van der Waals surface area contributed by atoms with E-state index in [0.717, 1.165) is 6.42 Å². The van der Waals surface area contributed by atoms with Gasteiger partial charge in [-0.15, -0.1) is 0 Å². The fraction of sp³-hybridized carbons (Fsp3) is 0.786. The van der Waals surface area contributed by atoms with Gasteiger partial charge in [0, 0.05) is 33.2 Å². The second-order valence-corrected chi connectivity index (χ2v) is 6.38. The predicted molar refractivity (Wildman–Crippen MR) is 82.7 cm³/mol. The number of anilines is 1. The number of methoxy groups -OCH3 is 1. The fourth-order valence-electron chi connectivity index (χ4n) is 2.09. The number of aryl methyl sites for hydroxylation is 1. The number of ether oxygens (including phenoxy) is 1. The summed E-state index contributed by atoms with van der Waals surface area (Å²) in [5, 5.41) is 18.8. The van der Waals surface area contributed by atoms with Gasteiger partial charge in [0.1, 0.15) is 5.69 Å². The first kappa shape index (κ1) is 17.4. The Bertz CT molecular complexity index is 495. The normalized spacial score (nSPS) is 12.0. The van der Waals surface area contributed by atoms with Crippen LogP contribution in [0.3, 0.4) is 0 Å². The predicted octanol–water partition coefficient (Wildman–Crippen LogP) is 2.93. The molecule has 0 unspecified atom stereocenters. The van der Waals surface area contributed by atoms with Gasteiger partial charge in [-0.3, -0.25) is 10.1 Å². The smallest absolute Gasteiger partial charge is 0.334 e. The molecule has 1 N–H and O–H groups in total. The number of rotatable bonds is 8. The van der Waals surface area contributed by atoms with Gasteiger partial charge in [0.25, 0.3) is 0 Å². The summed E-state index contributed by atoms with van der Waals surface area (Å²) in [6, 6.07) is 0. The molecule has 0 spiro atoms. The van der Waals surface area contributed by atoms with Crippen LogP contribution < -0.4 is 5.32 Å². The number of nitrogens with one attached hydrogen (secondary N) is 1. The second kappa shape index (κ2) is 6.89. The van der Waals surface area contributed by atoms with Crippen LogP contribution in [-0.2, 0) is 11.8 Å². The maximum absolute atomic E-state index is 11.3. The SMILES string of the molecule is COCCC(C)(C)CNc1c([N+](=O)[O-])c(C(C)C)nn1C. The van der Waals surface area contributed by atoms with Gasteiger partial charge in [-0.05, 0) is 11.8 Å². The molecule has 120 valence electrons. The Balaban J connectivity index is 2.95. The highest BCUT2D eigenvalue weighted by atomic mass is 16.6. The number of nitrogens with zero attached hydrogens (tertiary/aromatic N) is 3. The lowest BCUT2D eigenvalue weighted by molar-refractivity contribution is -0.384. The van der Waals surface area contributed by atoms with E-state index < -0.39 is 0 Å². The van der Waals surface area contributed by atoms with Crippen molar-refractivity contribution in [3.63, 3.8) is 0 Å². The van der Waals surface area contributed by atoms with Crippen LogP contribution in [0.2, 0.25) is 0 Å². The number of aromatic nitrogens is 2. The zero-order valence-electron chi connectivity index (χ0n) is 13.8. The molecule has 21 heavy (non-hydrogen) atoms. The maximum Gasteiger partial charge on any atom is 0.334 e. The van der Waals surface area contributed by atoms with E-state index >= 15 is 0 Å². The molecule has 1 heterocycles. The zero-order valence-corrected chi connectivity index (χ0v) is 13.8. The highest BCUT2D eigenvalue weighted by Gasteiger charge is 2.29. The number of hydrogen-bond acceptors (Lipinski definition) is 5. The third kappa shape index (κ3) is 4.42. The van der Waals surface area contributed by atoms with Gasteiger partial charge >= 0.3 is 5.69 Å². The van der Waals surface area contributed by atoms with Gasteiger partial charge in [-0.2, -0.15) is 5.10 Å². The summed E-state index contributed by atoms with van der Waals surface area (Å²) in [6.45, 7) is 9.30. The van der Waals surface area contributed by atoms with Crippen molar-refractivity contribution in [1.29, 1.82) is 0 Å². The number of hydrogen-bond donors (Lipinski definition) is 1. The van der Waals surface area contributed by atoms with E-state index in [2.05, 4.69) is 24.3 Å². The molecule has 0 aliphatic heterocycles. The van der Waals surface area contributed by atoms with E-state index in [1.54, 1.807) is 18.8 Å². The molecule has 1 rings (SSSR count). The summed E-state index contributed by atoms with van der Waals surface area (Å²) in [5.41, 5.74) is 0.571. The van der Waals surface area contributed by atoms with Crippen LogP contribution in [0.5, 0.6) is 0 Å². The van der Waals surface area contributed by atoms with E-state index in [0.29, 0.717) is 24.7 Å². The second-order valence-electron chi connectivity index (χ2n) is 6.38. The summed E-state index contributed by atoms with van der Waals surface area (Å²) >= 11 is 0. The molecule has 0 aromatic carbocycles. The van der Waals surface area contributed by atoms with Crippen molar-refractivity contribution < 1.29 is 9.66 Å². The van der Waals surface area contributed by atoms with Crippen LogP contribution in [0, 0.1) is 15.5 Å². The molecule has 1 aromatic rings. The molecule has 0 radical (unpaired) electrons. The molecule has 0 saturated heterocycles. The molecule has 0 aliphatic rings. The van der Waals surface area contributed by atoms with Crippen LogP contribution >= 0.6 is 0 Å². The Kier molecular flexibility index (Phi) is 5.71. The van der Waals surface area contributed by atoms with Crippen LogP contribution in [0.25, 0.3) is 0 Å². The Morgan fingerprint density at radius 3 is 2.57 bits per heavy atom. The molecule has 0 saturated carbocycles. The third-order valence-electron chi connectivity index (χ3n) is 3.50. The minimum Gasteiger partial charge on any atom is -0.385 e. The van der Waals surface area contributed by atoms with E-state index in [1.165, 1.54) is 0 Å². The molecule has 0 bridgehead atoms. The average Bonchev–Trinajstić information content (AvgIpc) is 2.71. The largest absolute Gasteiger partial charge is 0.385 e. The average molecular weight is 298 g/mol. The lowest BCUT2D eigenvalue weighted by Gasteiger charge is -2.24. The highest BCUT2D eigenvalue weighted by molar-refractivity contribution is 5.60. The van der Waals surface area contributed by atoms with Gasteiger partial charge in [0.2, 0.25) is 5.82 Å². The van der Waals surface area contributed by atoms with Crippen molar-refractivity contribution in [1.82, 2.24) is 9.78 Å². The molecule has 0 aliphatic carbocycles. The Labute approximate surface area is 125 Å². The van der Waals surface area contributed by atoms with Crippen molar-refractivity contribution >= 4 is 11.5 Å². The summed E-state index contributed by atoms with van der Waals surface area (Å²) in [6.07, 6.45) is 0.874. The quantitative estimate of drug-likeness (QED) is 0.589. The first-order valence-electron chi connectivity index (χ1n) is 7.13. The molecule has 0 fully saturated rings. The monoisotopic (exact) mass is 298 g/mol. The molecular formula is C14H26N4O3. The first-order valence-corrected chi connectivity index (χ1v) is 7.13. The van der Waals surface area contributed by atoms with E-state index in [4.69, 9.17) is 4.74 Å². The van der Waals surface area contributed by atoms with Crippen molar-refractivity contribution in [3.8, 4) is 0 Å². The standard InChI is InChI=1S/C14H26N4O3/c1-10(2)11-12(18(19)20)13(17(5)16-11)15-9-14(3,4)7-8-21-6/h10,15H,7-9H2,1-6H3. The van der Waals surface area contributed by atoms with Gasteiger partial charge in [-0.1, -0.05) is 27.7 Å². The molecule has 0 amide bonds. The molecule has 7 nitrogen and oxygen atoms in total. The minimum absolute atomic E-state index is 0.00801. The van der Waals surface area contributed by atoms with E-state index in [9.17, 15) is 10.1 Å². The van der Waals surface area contributed by atoms with Gasteiger partial charge < -0.3 is 10.1 Å². The first-order chi connectivity index (χ1) is 9.69. The maximum atomic E-state index is 11.3. The van der Waals surface area contributed by atoms with Crippen molar-refractivity contribution in [3.05, 3.63) is 15.8 Å². The Morgan fingerprint density at radius 1 is 1.48 bits per heavy atom. The van der Waals surface area contributed by atoms with Crippen molar-refractivity contribution in [2.24, 2.45) is 12.5 Å². The van der Waals surface area contributed by atoms with Crippen LogP contribution in [0.4, 0.5) is 11.5 Å². The van der Waals surface area contributed by atoms with Crippen molar-refractivity contribution in [2.45, 2.75) is 40.0 Å². The third-order valence-corrected chi connectivity index (χ3v) is 3.50. The molecule has 0 atom stereocenters. The number of nitro groups is 1. The van der Waals surface area contributed by atoms with Gasteiger partial charge in [-0.25, -0.2) is 4.68 Å². The topological polar surface area (TPSA) is 82.2 Å². The molecule has 1 aromatic heterocycles. The molecule has 7 heteroatoms. The Hall–Kier alpha value is -1.63. The van der Waals surface area contributed by atoms with E-state index in [-0.39, 0.29) is 21.9 Å². The summed E-state index contributed by atoms with van der Waals surface area (Å²) in [5.74, 6) is 0.475. The summed E-state index contributed by atoms with van der Waals surface area (Å²) in [7, 11) is 3.40. The highest BCUT2D eigenvalue weighted by Crippen LogP contribution is 2.33. The van der Waals surface area contributed by atoms with E-state index in [1.807, 2.05) is 13.8 Å².